The Kier molecular flexibility index (Phi) is 3.99. The Labute approximate surface area is 107 Å². The van der Waals surface area contributed by atoms with Crippen LogP contribution in [0.25, 0.3) is 0 Å². The lowest BCUT2D eigenvalue weighted by molar-refractivity contribution is -0.145. The quantitative estimate of drug-likeness (QED) is 0.879. The van der Waals surface area contributed by atoms with E-state index in [-0.39, 0.29) is 6.04 Å². The first kappa shape index (κ1) is 13.1. The monoisotopic (exact) mass is 249 g/mol. The molecule has 0 aromatic heterocycles. The van der Waals surface area contributed by atoms with Crippen LogP contribution in [0.3, 0.4) is 0 Å². The number of hydrogen-bond donors (Lipinski definition) is 1. The van der Waals surface area contributed by atoms with Crippen LogP contribution in [-0.2, 0) is 22.5 Å². The summed E-state index contributed by atoms with van der Waals surface area (Å²) in [6, 6.07) is 7.70. The van der Waals surface area contributed by atoms with Crippen LogP contribution in [-0.4, -0.2) is 41.8 Å². The van der Waals surface area contributed by atoms with Crippen molar-refractivity contribution in [2.45, 2.75) is 32.0 Å². The number of fused-ring (bicyclic) bond motifs is 1. The topological polar surface area (TPSA) is 49.8 Å². The number of rotatable bonds is 4. The maximum Gasteiger partial charge on any atom is 0.321 e. The van der Waals surface area contributed by atoms with Gasteiger partial charge in [0.05, 0.1) is 6.61 Å². The summed E-state index contributed by atoms with van der Waals surface area (Å²) in [5.74, 6) is -0.757. The molecule has 0 radical (unpaired) electrons. The van der Waals surface area contributed by atoms with Gasteiger partial charge in [0.2, 0.25) is 0 Å². The van der Waals surface area contributed by atoms with E-state index in [4.69, 9.17) is 4.74 Å². The number of nitrogens with zero attached hydrogens (tertiary/aromatic N) is 1. The lowest BCUT2D eigenvalue weighted by Gasteiger charge is -2.38. The third-order valence-corrected chi connectivity index (χ3v) is 3.54. The van der Waals surface area contributed by atoms with Gasteiger partial charge in [-0.1, -0.05) is 24.3 Å². The predicted octanol–water partition coefficient (Wildman–Crippen LogP) is 1.53. The summed E-state index contributed by atoms with van der Waals surface area (Å²) in [6.45, 7) is 3.23. The largest absolute Gasteiger partial charge is 0.480 e. The minimum absolute atomic E-state index is 0.101. The van der Waals surface area contributed by atoms with Crippen LogP contribution >= 0.6 is 0 Å². The molecule has 1 aromatic rings. The Morgan fingerprint density at radius 1 is 1.50 bits per heavy atom. The minimum atomic E-state index is -0.757. The van der Waals surface area contributed by atoms with Crippen LogP contribution in [0.2, 0.25) is 0 Å². The van der Waals surface area contributed by atoms with Gasteiger partial charge in [-0.25, -0.2) is 0 Å². The summed E-state index contributed by atoms with van der Waals surface area (Å²) in [4.78, 5) is 13.4. The van der Waals surface area contributed by atoms with Crippen molar-refractivity contribution in [1.82, 2.24) is 4.90 Å². The van der Waals surface area contributed by atoms with Gasteiger partial charge in [0.25, 0.3) is 0 Å². The normalized spacial score (nSPS) is 21.3. The van der Waals surface area contributed by atoms with Gasteiger partial charge < -0.3 is 9.84 Å². The van der Waals surface area contributed by atoms with Gasteiger partial charge in [-0.3, -0.25) is 9.69 Å². The molecule has 0 amide bonds. The SMILES string of the molecule is COCC(C)N1Cc2ccccc2C[C@H]1C(=O)O. The van der Waals surface area contributed by atoms with Gasteiger partial charge in [-0.15, -0.1) is 0 Å². The van der Waals surface area contributed by atoms with Crippen LogP contribution in [0.1, 0.15) is 18.1 Å². The van der Waals surface area contributed by atoms with Gasteiger partial charge in [0, 0.05) is 19.7 Å². The smallest absolute Gasteiger partial charge is 0.321 e. The molecule has 1 aliphatic heterocycles. The first-order chi connectivity index (χ1) is 8.63. The molecule has 0 fully saturated rings. The van der Waals surface area contributed by atoms with E-state index in [0.29, 0.717) is 19.6 Å². The van der Waals surface area contributed by atoms with Crippen molar-refractivity contribution in [3.05, 3.63) is 35.4 Å². The Balaban J connectivity index is 2.25. The second-order valence-corrected chi connectivity index (χ2v) is 4.80. The maximum atomic E-state index is 11.4. The van der Waals surface area contributed by atoms with E-state index in [1.165, 1.54) is 5.56 Å². The molecule has 1 unspecified atom stereocenters. The van der Waals surface area contributed by atoms with Crippen LogP contribution in [0.4, 0.5) is 0 Å². The highest BCUT2D eigenvalue weighted by molar-refractivity contribution is 5.74. The molecule has 0 aliphatic carbocycles. The molecule has 1 N–H and O–H groups in total. The van der Waals surface area contributed by atoms with Crippen LogP contribution in [0.15, 0.2) is 24.3 Å². The molecule has 0 bridgehead atoms. The third-order valence-electron chi connectivity index (χ3n) is 3.54. The average Bonchev–Trinajstić information content (AvgIpc) is 2.37. The lowest BCUT2D eigenvalue weighted by atomic mass is 9.93. The highest BCUT2D eigenvalue weighted by atomic mass is 16.5. The Morgan fingerprint density at radius 2 is 2.17 bits per heavy atom. The number of ether oxygens (including phenoxy) is 1. The Bertz CT molecular complexity index is 433. The van der Waals surface area contributed by atoms with Crippen molar-refractivity contribution in [2.75, 3.05) is 13.7 Å². The fraction of sp³-hybridized carbons (Fsp3) is 0.500. The van der Waals surface area contributed by atoms with Crippen molar-refractivity contribution in [1.29, 1.82) is 0 Å². The van der Waals surface area contributed by atoms with Gasteiger partial charge in [0.1, 0.15) is 6.04 Å². The zero-order valence-corrected chi connectivity index (χ0v) is 10.8. The molecule has 0 saturated heterocycles. The summed E-state index contributed by atoms with van der Waals surface area (Å²) < 4.78 is 5.14. The molecule has 0 saturated carbocycles. The van der Waals surface area contributed by atoms with E-state index in [2.05, 4.69) is 6.07 Å². The first-order valence-corrected chi connectivity index (χ1v) is 6.17. The second kappa shape index (κ2) is 5.50. The summed E-state index contributed by atoms with van der Waals surface area (Å²) >= 11 is 0. The van der Waals surface area contributed by atoms with Crippen LogP contribution < -0.4 is 0 Å². The zero-order valence-electron chi connectivity index (χ0n) is 10.8. The van der Waals surface area contributed by atoms with E-state index >= 15 is 0 Å². The molecule has 2 rings (SSSR count). The van der Waals surface area contributed by atoms with E-state index in [9.17, 15) is 9.90 Å². The van der Waals surface area contributed by atoms with Crippen molar-refractivity contribution < 1.29 is 14.6 Å². The number of hydrogen-bond acceptors (Lipinski definition) is 3. The molecular weight excluding hydrogens is 230 g/mol. The summed E-state index contributed by atoms with van der Waals surface area (Å²) in [5.41, 5.74) is 2.36. The molecule has 4 nitrogen and oxygen atoms in total. The Hall–Kier alpha value is -1.39. The lowest BCUT2D eigenvalue weighted by Crippen LogP contribution is -2.50. The second-order valence-electron chi connectivity index (χ2n) is 4.80. The average molecular weight is 249 g/mol. The van der Waals surface area contributed by atoms with Crippen molar-refractivity contribution in [3.63, 3.8) is 0 Å². The summed E-state index contributed by atoms with van der Waals surface area (Å²) in [6.07, 6.45) is 0.569. The zero-order chi connectivity index (χ0) is 13.1. The first-order valence-electron chi connectivity index (χ1n) is 6.17. The van der Waals surface area contributed by atoms with Crippen molar-refractivity contribution in [3.8, 4) is 0 Å². The predicted molar refractivity (Wildman–Crippen MR) is 68.5 cm³/mol. The Morgan fingerprint density at radius 3 is 2.78 bits per heavy atom. The van der Waals surface area contributed by atoms with E-state index in [1.807, 2.05) is 30.0 Å². The van der Waals surface area contributed by atoms with Crippen molar-refractivity contribution in [2.24, 2.45) is 0 Å². The van der Waals surface area contributed by atoms with E-state index in [1.54, 1.807) is 7.11 Å². The summed E-state index contributed by atoms with van der Waals surface area (Å²) in [7, 11) is 1.64. The molecule has 1 aromatic carbocycles. The molecule has 98 valence electrons. The maximum absolute atomic E-state index is 11.4. The molecule has 1 aliphatic rings. The van der Waals surface area contributed by atoms with Gasteiger partial charge in [0.15, 0.2) is 0 Å². The number of carbonyl (C=O) groups is 1. The number of carboxylic acids is 1. The minimum Gasteiger partial charge on any atom is -0.480 e. The molecule has 1 heterocycles. The van der Waals surface area contributed by atoms with Crippen LogP contribution in [0.5, 0.6) is 0 Å². The number of methoxy groups -OCH3 is 1. The van der Waals surface area contributed by atoms with Gasteiger partial charge in [-0.05, 0) is 24.5 Å². The third kappa shape index (κ3) is 2.54. The molecular formula is C14H19NO3. The molecule has 2 atom stereocenters. The van der Waals surface area contributed by atoms with Crippen molar-refractivity contribution >= 4 is 5.97 Å². The van der Waals surface area contributed by atoms with Crippen LogP contribution in [0, 0.1) is 0 Å². The van der Waals surface area contributed by atoms with E-state index < -0.39 is 12.0 Å². The number of carboxylic acid groups (broad SMARTS) is 1. The standard InChI is InChI=1S/C14H19NO3/c1-10(9-18-2)15-8-12-6-4-3-5-11(12)7-13(15)14(16)17/h3-6,10,13H,7-9H2,1-2H3,(H,16,17)/t10?,13-/m0/s1. The fourth-order valence-corrected chi connectivity index (χ4v) is 2.57. The number of benzene rings is 1. The van der Waals surface area contributed by atoms with Gasteiger partial charge in [-0.2, -0.15) is 0 Å². The molecule has 4 heteroatoms. The highest BCUT2D eigenvalue weighted by Gasteiger charge is 2.33. The summed E-state index contributed by atoms with van der Waals surface area (Å²) in [5, 5.41) is 9.37. The fourth-order valence-electron chi connectivity index (χ4n) is 2.57. The highest BCUT2D eigenvalue weighted by Crippen LogP contribution is 2.25. The van der Waals surface area contributed by atoms with Gasteiger partial charge >= 0.3 is 5.97 Å². The van der Waals surface area contributed by atoms with E-state index in [0.717, 1.165) is 5.56 Å². The molecule has 18 heavy (non-hydrogen) atoms. The molecule has 0 spiro atoms. The number of aliphatic carboxylic acids is 1.